The third-order valence-electron chi connectivity index (χ3n) is 5.24. The Morgan fingerprint density at radius 2 is 1.93 bits per heavy atom. The van der Waals surface area contributed by atoms with E-state index in [0.717, 1.165) is 60.8 Å². The number of non-ortho nitro benzene ring substituents is 1. The van der Waals surface area contributed by atoms with Gasteiger partial charge in [-0.05, 0) is 26.0 Å². The molecule has 140 valence electrons. The maximum Gasteiger partial charge on any atom is 0.278 e. The Morgan fingerprint density at radius 1 is 1.15 bits per heavy atom. The lowest BCUT2D eigenvalue weighted by molar-refractivity contribution is -0.383. The van der Waals surface area contributed by atoms with E-state index in [9.17, 15) is 10.1 Å². The molecule has 0 amide bonds. The summed E-state index contributed by atoms with van der Waals surface area (Å²) in [6.07, 6.45) is 3.26. The Kier molecular flexibility index (Phi) is 4.49. The molecule has 0 saturated carbocycles. The Balaban J connectivity index is 1.53. The van der Waals surface area contributed by atoms with Crippen molar-refractivity contribution in [3.05, 3.63) is 57.7 Å². The average Bonchev–Trinajstić information content (AvgIpc) is 2.99. The van der Waals surface area contributed by atoms with Crippen LogP contribution in [0.4, 0.5) is 11.4 Å². The third kappa shape index (κ3) is 3.23. The van der Waals surface area contributed by atoms with Crippen molar-refractivity contribution in [2.45, 2.75) is 20.4 Å². The van der Waals surface area contributed by atoms with Gasteiger partial charge in [0, 0.05) is 67.8 Å². The quantitative estimate of drug-likeness (QED) is 0.517. The fourth-order valence-electron chi connectivity index (χ4n) is 3.69. The molecule has 0 unspecified atom stereocenters. The first kappa shape index (κ1) is 17.4. The van der Waals surface area contributed by atoms with Gasteiger partial charge >= 0.3 is 0 Å². The van der Waals surface area contributed by atoms with Gasteiger partial charge in [0.2, 0.25) is 0 Å². The smallest absolute Gasteiger partial charge is 0.278 e. The molecular formula is C19H21N5O3. The van der Waals surface area contributed by atoms with Crippen LogP contribution in [0.1, 0.15) is 17.0 Å². The number of aromatic nitrogens is 2. The van der Waals surface area contributed by atoms with E-state index in [2.05, 4.69) is 19.9 Å². The van der Waals surface area contributed by atoms with E-state index >= 15 is 0 Å². The number of pyridine rings is 1. The minimum absolute atomic E-state index is 0.0962. The summed E-state index contributed by atoms with van der Waals surface area (Å²) in [5.41, 5.74) is 3.23. The molecule has 27 heavy (non-hydrogen) atoms. The van der Waals surface area contributed by atoms with Gasteiger partial charge in [-0.25, -0.2) is 0 Å². The Bertz CT molecular complexity index is 973. The molecule has 0 atom stereocenters. The number of nitrogens with zero attached hydrogens (tertiary/aromatic N) is 5. The zero-order chi connectivity index (χ0) is 19.0. The van der Waals surface area contributed by atoms with E-state index < -0.39 is 0 Å². The van der Waals surface area contributed by atoms with Gasteiger partial charge in [-0.1, -0.05) is 5.16 Å². The minimum atomic E-state index is -0.352. The highest BCUT2D eigenvalue weighted by molar-refractivity contribution is 5.99. The summed E-state index contributed by atoms with van der Waals surface area (Å²) in [6, 6.07) is 5.29. The summed E-state index contributed by atoms with van der Waals surface area (Å²) in [7, 11) is 0. The Hall–Kier alpha value is -3.00. The van der Waals surface area contributed by atoms with Crippen LogP contribution in [0, 0.1) is 24.0 Å². The molecule has 1 aliphatic heterocycles. The molecule has 1 fully saturated rings. The van der Waals surface area contributed by atoms with Gasteiger partial charge in [0.15, 0.2) is 0 Å². The first-order valence-electron chi connectivity index (χ1n) is 8.95. The van der Waals surface area contributed by atoms with E-state index in [4.69, 9.17) is 4.52 Å². The number of hydrogen-bond donors (Lipinski definition) is 0. The van der Waals surface area contributed by atoms with Crippen molar-refractivity contribution in [3.63, 3.8) is 0 Å². The predicted molar refractivity (Wildman–Crippen MR) is 102 cm³/mol. The monoisotopic (exact) mass is 367 g/mol. The summed E-state index contributed by atoms with van der Waals surface area (Å²) >= 11 is 0. The predicted octanol–water partition coefficient (Wildman–Crippen LogP) is 3.07. The van der Waals surface area contributed by atoms with Gasteiger partial charge in [-0.2, -0.15) is 0 Å². The molecule has 8 nitrogen and oxygen atoms in total. The van der Waals surface area contributed by atoms with Crippen molar-refractivity contribution >= 4 is 22.1 Å². The van der Waals surface area contributed by atoms with E-state index in [1.54, 1.807) is 18.5 Å². The van der Waals surface area contributed by atoms with Gasteiger partial charge in [0.05, 0.1) is 16.0 Å². The number of rotatable bonds is 4. The number of fused-ring (bicyclic) bond motifs is 1. The van der Waals surface area contributed by atoms with Gasteiger partial charge in [0.25, 0.3) is 5.69 Å². The number of benzene rings is 1. The maximum absolute atomic E-state index is 11.3. The molecule has 2 aromatic heterocycles. The summed E-state index contributed by atoms with van der Waals surface area (Å²) in [5, 5.41) is 16.8. The minimum Gasteiger partial charge on any atom is -0.368 e. The molecule has 8 heteroatoms. The first-order valence-corrected chi connectivity index (χ1v) is 8.95. The molecule has 3 aromatic rings. The van der Waals surface area contributed by atoms with Crippen LogP contribution in [0.25, 0.3) is 10.8 Å². The second kappa shape index (κ2) is 6.96. The van der Waals surface area contributed by atoms with Crippen molar-refractivity contribution in [1.29, 1.82) is 0 Å². The normalized spacial score (nSPS) is 15.4. The van der Waals surface area contributed by atoms with E-state index in [1.807, 2.05) is 26.0 Å². The van der Waals surface area contributed by atoms with Crippen LogP contribution in [0.3, 0.4) is 0 Å². The second-order valence-electron chi connectivity index (χ2n) is 6.85. The van der Waals surface area contributed by atoms with Crippen LogP contribution in [0.2, 0.25) is 0 Å². The van der Waals surface area contributed by atoms with Gasteiger partial charge in [0.1, 0.15) is 5.76 Å². The number of hydrogen-bond acceptors (Lipinski definition) is 7. The Morgan fingerprint density at radius 3 is 2.59 bits per heavy atom. The van der Waals surface area contributed by atoms with Crippen LogP contribution in [0.15, 0.2) is 35.1 Å². The van der Waals surface area contributed by atoms with Crippen molar-refractivity contribution in [2.75, 3.05) is 31.1 Å². The van der Waals surface area contributed by atoms with Gasteiger partial charge in [-0.3, -0.25) is 20.0 Å². The van der Waals surface area contributed by atoms with Crippen LogP contribution in [-0.4, -0.2) is 46.1 Å². The fraction of sp³-hybridized carbons (Fsp3) is 0.368. The first-order chi connectivity index (χ1) is 13.0. The third-order valence-corrected chi connectivity index (χ3v) is 5.24. The SMILES string of the molecule is Cc1noc(C)c1CN1CCN(c2ccc([N+](=O)[O-])c3cnccc23)CC1. The molecule has 1 saturated heterocycles. The molecule has 3 heterocycles. The summed E-state index contributed by atoms with van der Waals surface area (Å²) in [6.45, 7) is 8.29. The molecule has 0 aliphatic carbocycles. The van der Waals surface area contributed by atoms with Crippen molar-refractivity contribution in [3.8, 4) is 0 Å². The highest BCUT2D eigenvalue weighted by Crippen LogP contribution is 2.33. The van der Waals surface area contributed by atoms with Crippen LogP contribution in [0.5, 0.6) is 0 Å². The van der Waals surface area contributed by atoms with Crippen LogP contribution in [-0.2, 0) is 6.54 Å². The lowest BCUT2D eigenvalue weighted by Gasteiger charge is -2.36. The summed E-state index contributed by atoms with van der Waals surface area (Å²) in [4.78, 5) is 19.7. The maximum atomic E-state index is 11.3. The van der Waals surface area contributed by atoms with Crippen LogP contribution < -0.4 is 4.90 Å². The fourth-order valence-corrected chi connectivity index (χ4v) is 3.69. The van der Waals surface area contributed by atoms with E-state index in [1.165, 1.54) is 0 Å². The molecule has 0 spiro atoms. The number of piperazine rings is 1. The van der Waals surface area contributed by atoms with Crippen molar-refractivity contribution in [1.82, 2.24) is 15.0 Å². The average molecular weight is 367 g/mol. The van der Waals surface area contributed by atoms with Crippen molar-refractivity contribution in [2.24, 2.45) is 0 Å². The highest BCUT2D eigenvalue weighted by Gasteiger charge is 2.23. The van der Waals surface area contributed by atoms with Gasteiger partial charge in [-0.15, -0.1) is 0 Å². The largest absolute Gasteiger partial charge is 0.368 e. The Labute approximate surface area is 156 Å². The van der Waals surface area contributed by atoms with Gasteiger partial charge < -0.3 is 9.42 Å². The molecular weight excluding hydrogens is 346 g/mol. The zero-order valence-corrected chi connectivity index (χ0v) is 15.4. The number of aryl methyl sites for hydroxylation is 2. The molecule has 0 N–H and O–H groups in total. The highest BCUT2D eigenvalue weighted by atomic mass is 16.6. The topological polar surface area (TPSA) is 88.5 Å². The molecule has 4 rings (SSSR count). The van der Waals surface area contributed by atoms with E-state index in [0.29, 0.717) is 5.39 Å². The zero-order valence-electron chi connectivity index (χ0n) is 15.4. The molecule has 0 radical (unpaired) electrons. The molecule has 1 aliphatic rings. The number of anilines is 1. The summed E-state index contributed by atoms with van der Waals surface area (Å²) in [5.74, 6) is 0.879. The summed E-state index contributed by atoms with van der Waals surface area (Å²) < 4.78 is 5.26. The lowest BCUT2D eigenvalue weighted by atomic mass is 10.1. The molecule has 1 aromatic carbocycles. The van der Waals surface area contributed by atoms with E-state index in [-0.39, 0.29) is 10.6 Å². The van der Waals surface area contributed by atoms with Crippen LogP contribution >= 0.6 is 0 Å². The number of nitro benzene ring substituents is 1. The molecule has 0 bridgehead atoms. The standard InChI is InChI=1S/C19H21N5O3/c1-13-17(14(2)27-21-13)12-22-7-9-23(10-8-22)18-3-4-19(24(25)26)16-11-20-6-5-15(16)18/h3-6,11H,7-10,12H2,1-2H3. The second-order valence-corrected chi connectivity index (χ2v) is 6.85. The van der Waals surface area contributed by atoms with Crippen molar-refractivity contribution < 1.29 is 9.45 Å². The lowest BCUT2D eigenvalue weighted by Crippen LogP contribution is -2.46. The number of nitro groups is 1.